The van der Waals surface area contributed by atoms with Crippen molar-refractivity contribution in [2.45, 2.75) is 38.8 Å². The van der Waals surface area contributed by atoms with Crippen molar-refractivity contribution in [3.8, 4) is 5.75 Å². The Morgan fingerprint density at radius 3 is 3.00 bits per heavy atom. The van der Waals surface area contributed by atoms with Crippen LogP contribution in [0.15, 0.2) is 18.2 Å². The summed E-state index contributed by atoms with van der Waals surface area (Å²) in [6.45, 7) is 4.62. The van der Waals surface area contributed by atoms with Gasteiger partial charge < -0.3 is 15.8 Å². The maximum Gasteiger partial charge on any atom is 0.251 e. The summed E-state index contributed by atoms with van der Waals surface area (Å²) in [5, 5.41) is 2.96. The van der Waals surface area contributed by atoms with Crippen LogP contribution in [-0.2, 0) is 6.42 Å². The van der Waals surface area contributed by atoms with Crippen LogP contribution in [0.2, 0.25) is 0 Å². The van der Waals surface area contributed by atoms with Gasteiger partial charge in [0.05, 0.1) is 6.61 Å². The molecule has 0 aromatic heterocycles. The lowest BCUT2D eigenvalue weighted by Crippen LogP contribution is -2.36. The Bertz CT molecular complexity index is 443. The zero-order valence-corrected chi connectivity index (χ0v) is 10.9. The molecule has 1 amide bonds. The average Bonchev–Trinajstić information content (AvgIpc) is 2.74. The summed E-state index contributed by atoms with van der Waals surface area (Å²) in [5.41, 5.74) is 7.52. The van der Waals surface area contributed by atoms with Gasteiger partial charge in [0.25, 0.3) is 5.91 Å². The Hall–Kier alpha value is -1.55. The van der Waals surface area contributed by atoms with Crippen molar-refractivity contribution in [1.29, 1.82) is 0 Å². The largest absolute Gasteiger partial charge is 0.493 e. The van der Waals surface area contributed by atoms with E-state index in [9.17, 15) is 4.79 Å². The van der Waals surface area contributed by atoms with Gasteiger partial charge >= 0.3 is 0 Å². The van der Waals surface area contributed by atoms with Gasteiger partial charge in [0, 0.05) is 24.1 Å². The SMILES string of the molecule is CC(N)CC(C)NC(=O)c1ccc2c(c1)CCO2. The zero-order chi connectivity index (χ0) is 13.1. The molecule has 98 valence electrons. The Labute approximate surface area is 108 Å². The van der Waals surface area contributed by atoms with Crippen molar-refractivity contribution in [1.82, 2.24) is 5.32 Å². The lowest BCUT2D eigenvalue weighted by molar-refractivity contribution is 0.0937. The quantitative estimate of drug-likeness (QED) is 0.848. The average molecular weight is 248 g/mol. The monoisotopic (exact) mass is 248 g/mol. The number of nitrogens with two attached hydrogens (primary N) is 1. The van der Waals surface area contributed by atoms with E-state index in [4.69, 9.17) is 10.5 Å². The summed E-state index contributed by atoms with van der Waals surface area (Å²) in [6, 6.07) is 5.76. The molecule has 1 heterocycles. The molecule has 1 aromatic carbocycles. The van der Waals surface area contributed by atoms with E-state index in [0.29, 0.717) is 12.2 Å². The second kappa shape index (κ2) is 5.40. The van der Waals surface area contributed by atoms with Crippen molar-refractivity contribution in [3.05, 3.63) is 29.3 Å². The van der Waals surface area contributed by atoms with Gasteiger partial charge in [-0.05, 0) is 44.0 Å². The number of hydrogen-bond acceptors (Lipinski definition) is 3. The van der Waals surface area contributed by atoms with Crippen molar-refractivity contribution in [3.63, 3.8) is 0 Å². The summed E-state index contributed by atoms with van der Waals surface area (Å²) < 4.78 is 5.42. The fourth-order valence-electron chi connectivity index (χ4n) is 2.25. The minimum absolute atomic E-state index is 0.0437. The number of carbonyl (C=O) groups excluding carboxylic acids is 1. The van der Waals surface area contributed by atoms with E-state index in [-0.39, 0.29) is 18.0 Å². The molecule has 2 rings (SSSR count). The first kappa shape index (κ1) is 12.9. The number of benzene rings is 1. The third-order valence-corrected chi connectivity index (χ3v) is 3.05. The van der Waals surface area contributed by atoms with Gasteiger partial charge in [0.2, 0.25) is 0 Å². The third-order valence-electron chi connectivity index (χ3n) is 3.05. The van der Waals surface area contributed by atoms with Crippen LogP contribution in [0.1, 0.15) is 36.2 Å². The van der Waals surface area contributed by atoms with Crippen LogP contribution in [0, 0.1) is 0 Å². The molecule has 1 aliphatic rings. The van der Waals surface area contributed by atoms with Crippen molar-refractivity contribution in [2.75, 3.05) is 6.61 Å². The van der Waals surface area contributed by atoms with Crippen molar-refractivity contribution < 1.29 is 9.53 Å². The third kappa shape index (κ3) is 3.01. The molecule has 2 unspecified atom stereocenters. The number of amides is 1. The van der Waals surface area contributed by atoms with Crippen LogP contribution < -0.4 is 15.8 Å². The molecule has 4 nitrogen and oxygen atoms in total. The standard InChI is InChI=1S/C14H20N2O2/c1-9(15)7-10(2)16-14(17)12-3-4-13-11(8-12)5-6-18-13/h3-4,8-10H,5-7,15H2,1-2H3,(H,16,17). The maximum absolute atomic E-state index is 12.0. The second-order valence-corrected chi connectivity index (χ2v) is 5.01. The van der Waals surface area contributed by atoms with E-state index >= 15 is 0 Å². The van der Waals surface area contributed by atoms with Crippen molar-refractivity contribution >= 4 is 5.91 Å². The summed E-state index contributed by atoms with van der Waals surface area (Å²) in [6.07, 6.45) is 1.66. The van der Waals surface area contributed by atoms with E-state index in [1.54, 1.807) is 6.07 Å². The second-order valence-electron chi connectivity index (χ2n) is 5.01. The van der Waals surface area contributed by atoms with E-state index in [0.717, 1.165) is 24.2 Å². The number of nitrogens with one attached hydrogen (secondary N) is 1. The fraction of sp³-hybridized carbons (Fsp3) is 0.500. The number of fused-ring (bicyclic) bond motifs is 1. The van der Waals surface area contributed by atoms with Gasteiger partial charge in [-0.3, -0.25) is 4.79 Å². The van der Waals surface area contributed by atoms with E-state index in [2.05, 4.69) is 5.32 Å². The topological polar surface area (TPSA) is 64.3 Å². The molecule has 0 bridgehead atoms. The first-order valence-electron chi connectivity index (χ1n) is 6.38. The number of ether oxygens (including phenoxy) is 1. The lowest BCUT2D eigenvalue weighted by atomic mass is 10.1. The predicted octanol–water partition coefficient (Wildman–Crippen LogP) is 1.48. The smallest absolute Gasteiger partial charge is 0.251 e. The minimum atomic E-state index is -0.0437. The molecule has 0 spiro atoms. The zero-order valence-electron chi connectivity index (χ0n) is 10.9. The molecule has 0 fully saturated rings. The molecule has 0 saturated carbocycles. The van der Waals surface area contributed by atoms with Crippen LogP contribution in [-0.4, -0.2) is 24.6 Å². The van der Waals surface area contributed by atoms with Crippen LogP contribution in [0.4, 0.5) is 0 Å². The number of rotatable bonds is 4. The number of hydrogen-bond donors (Lipinski definition) is 2. The minimum Gasteiger partial charge on any atom is -0.493 e. The molecular weight excluding hydrogens is 228 g/mol. The Kier molecular flexibility index (Phi) is 3.87. The molecule has 0 saturated heterocycles. The Morgan fingerprint density at radius 1 is 1.50 bits per heavy atom. The number of carbonyl (C=O) groups is 1. The van der Waals surface area contributed by atoms with Gasteiger partial charge in [-0.1, -0.05) is 0 Å². The van der Waals surface area contributed by atoms with Crippen LogP contribution in [0.3, 0.4) is 0 Å². The first-order chi connectivity index (χ1) is 8.56. The van der Waals surface area contributed by atoms with E-state index < -0.39 is 0 Å². The molecule has 0 radical (unpaired) electrons. The van der Waals surface area contributed by atoms with Gasteiger partial charge in [0.1, 0.15) is 5.75 Å². The highest BCUT2D eigenvalue weighted by Crippen LogP contribution is 2.25. The van der Waals surface area contributed by atoms with Crippen molar-refractivity contribution in [2.24, 2.45) is 5.73 Å². The van der Waals surface area contributed by atoms with Gasteiger partial charge in [-0.2, -0.15) is 0 Å². The maximum atomic E-state index is 12.0. The molecule has 4 heteroatoms. The molecule has 2 atom stereocenters. The van der Waals surface area contributed by atoms with Gasteiger partial charge in [-0.25, -0.2) is 0 Å². The summed E-state index contributed by atoms with van der Waals surface area (Å²) >= 11 is 0. The molecule has 1 aromatic rings. The summed E-state index contributed by atoms with van der Waals surface area (Å²) in [5.74, 6) is 0.855. The first-order valence-corrected chi connectivity index (χ1v) is 6.38. The predicted molar refractivity (Wildman–Crippen MR) is 70.8 cm³/mol. The Balaban J connectivity index is 2.01. The highest BCUT2D eigenvalue weighted by molar-refractivity contribution is 5.94. The molecular formula is C14H20N2O2. The summed E-state index contributed by atoms with van der Waals surface area (Å²) in [4.78, 5) is 12.0. The lowest BCUT2D eigenvalue weighted by Gasteiger charge is -2.16. The highest BCUT2D eigenvalue weighted by atomic mass is 16.5. The molecule has 3 N–H and O–H groups in total. The van der Waals surface area contributed by atoms with Crippen LogP contribution >= 0.6 is 0 Å². The molecule has 1 aliphatic heterocycles. The normalized spacial score (nSPS) is 16.6. The van der Waals surface area contributed by atoms with E-state index in [1.165, 1.54) is 0 Å². The van der Waals surface area contributed by atoms with Gasteiger partial charge in [-0.15, -0.1) is 0 Å². The Morgan fingerprint density at radius 2 is 2.28 bits per heavy atom. The fourth-order valence-corrected chi connectivity index (χ4v) is 2.25. The van der Waals surface area contributed by atoms with E-state index in [1.807, 2.05) is 26.0 Å². The highest BCUT2D eigenvalue weighted by Gasteiger charge is 2.16. The van der Waals surface area contributed by atoms with Crippen LogP contribution in [0.5, 0.6) is 5.75 Å². The van der Waals surface area contributed by atoms with Crippen LogP contribution in [0.25, 0.3) is 0 Å². The molecule has 0 aliphatic carbocycles. The van der Waals surface area contributed by atoms with Gasteiger partial charge in [0.15, 0.2) is 0 Å². The molecule has 18 heavy (non-hydrogen) atoms. The summed E-state index contributed by atoms with van der Waals surface area (Å²) in [7, 11) is 0.